The maximum Gasteiger partial charge on any atom is 0.326 e. The minimum absolute atomic E-state index is 0.0967. The molecule has 4 N–H and O–H groups in total. The quantitative estimate of drug-likeness (QED) is 0.590. The van der Waals surface area contributed by atoms with Crippen molar-refractivity contribution in [2.45, 2.75) is 31.8 Å². The van der Waals surface area contributed by atoms with Gasteiger partial charge < -0.3 is 20.8 Å². The lowest BCUT2D eigenvalue weighted by Crippen LogP contribution is -2.49. The third-order valence-electron chi connectivity index (χ3n) is 2.78. The molecule has 21 heavy (non-hydrogen) atoms. The molecule has 1 unspecified atom stereocenters. The SMILES string of the molecule is C#CCC(C)NC(=O)N[C@H](Cc1ccc(O)cc1)C(=O)O. The van der Waals surface area contributed by atoms with Crippen molar-refractivity contribution in [2.24, 2.45) is 0 Å². The molecular weight excluding hydrogens is 272 g/mol. The van der Waals surface area contributed by atoms with Gasteiger partial charge >= 0.3 is 12.0 Å². The van der Waals surface area contributed by atoms with Gasteiger partial charge in [-0.2, -0.15) is 0 Å². The van der Waals surface area contributed by atoms with Gasteiger partial charge in [-0.3, -0.25) is 0 Å². The topological polar surface area (TPSA) is 98.7 Å². The summed E-state index contributed by atoms with van der Waals surface area (Å²) >= 11 is 0. The molecule has 0 aliphatic rings. The molecular formula is C15H18N2O4. The van der Waals surface area contributed by atoms with Gasteiger partial charge in [-0.15, -0.1) is 12.3 Å². The maximum absolute atomic E-state index is 11.7. The molecule has 1 aromatic carbocycles. The van der Waals surface area contributed by atoms with Crippen molar-refractivity contribution in [3.8, 4) is 18.1 Å². The highest BCUT2D eigenvalue weighted by Gasteiger charge is 2.21. The van der Waals surface area contributed by atoms with E-state index in [9.17, 15) is 14.7 Å². The fourth-order valence-electron chi connectivity index (χ4n) is 1.72. The smallest absolute Gasteiger partial charge is 0.326 e. The highest BCUT2D eigenvalue weighted by Crippen LogP contribution is 2.11. The van der Waals surface area contributed by atoms with Crippen LogP contribution in [0.5, 0.6) is 5.75 Å². The van der Waals surface area contributed by atoms with Gasteiger partial charge in [0, 0.05) is 18.9 Å². The normalized spacial score (nSPS) is 12.8. The van der Waals surface area contributed by atoms with Crippen LogP contribution in [0, 0.1) is 12.3 Å². The van der Waals surface area contributed by atoms with Crippen LogP contribution in [0.25, 0.3) is 0 Å². The summed E-state index contributed by atoms with van der Waals surface area (Å²) < 4.78 is 0. The van der Waals surface area contributed by atoms with Crippen molar-refractivity contribution in [2.75, 3.05) is 0 Å². The van der Waals surface area contributed by atoms with Crippen molar-refractivity contribution in [1.82, 2.24) is 10.6 Å². The Morgan fingerprint density at radius 1 is 1.29 bits per heavy atom. The van der Waals surface area contributed by atoms with Crippen LogP contribution in [0.15, 0.2) is 24.3 Å². The number of carbonyl (C=O) groups excluding carboxylic acids is 1. The summed E-state index contributed by atoms with van der Waals surface area (Å²) in [5, 5.41) is 23.3. The Morgan fingerprint density at radius 2 is 1.90 bits per heavy atom. The zero-order valence-electron chi connectivity index (χ0n) is 11.7. The van der Waals surface area contributed by atoms with E-state index in [1.54, 1.807) is 19.1 Å². The van der Waals surface area contributed by atoms with Crippen molar-refractivity contribution in [3.63, 3.8) is 0 Å². The third kappa shape index (κ3) is 5.87. The van der Waals surface area contributed by atoms with Gasteiger partial charge in [-0.05, 0) is 24.6 Å². The number of carbonyl (C=O) groups is 2. The van der Waals surface area contributed by atoms with Crippen molar-refractivity contribution >= 4 is 12.0 Å². The minimum atomic E-state index is -1.14. The van der Waals surface area contributed by atoms with Crippen LogP contribution >= 0.6 is 0 Å². The average Bonchev–Trinajstić information content (AvgIpc) is 2.40. The molecule has 6 heteroatoms. The molecule has 6 nitrogen and oxygen atoms in total. The maximum atomic E-state index is 11.7. The van der Waals surface area contributed by atoms with Crippen molar-refractivity contribution in [1.29, 1.82) is 0 Å². The molecule has 112 valence electrons. The number of carboxylic acid groups (broad SMARTS) is 1. The second-order valence-corrected chi connectivity index (χ2v) is 4.69. The summed E-state index contributed by atoms with van der Waals surface area (Å²) in [6.45, 7) is 1.73. The number of terminal acetylenes is 1. The fourth-order valence-corrected chi connectivity index (χ4v) is 1.72. The van der Waals surface area contributed by atoms with Gasteiger partial charge in [0.25, 0.3) is 0 Å². The van der Waals surface area contributed by atoms with Gasteiger partial charge in [0.05, 0.1) is 0 Å². The number of phenols is 1. The van der Waals surface area contributed by atoms with E-state index >= 15 is 0 Å². The molecule has 0 saturated heterocycles. The summed E-state index contributed by atoms with van der Waals surface area (Å²) in [7, 11) is 0. The second kappa shape index (κ2) is 7.80. The van der Waals surface area contributed by atoms with E-state index in [4.69, 9.17) is 11.5 Å². The first-order valence-electron chi connectivity index (χ1n) is 6.43. The molecule has 1 rings (SSSR count). The Hall–Kier alpha value is -2.68. The number of rotatable bonds is 6. The number of hydrogen-bond acceptors (Lipinski definition) is 3. The second-order valence-electron chi connectivity index (χ2n) is 4.69. The van der Waals surface area contributed by atoms with E-state index in [-0.39, 0.29) is 18.2 Å². The standard InChI is InChI=1S/C15H18N2O4/c1-3-4-10(2)16-15(21)17-13(14(19)20)9-11-5-7-12(18)8-6-11/h1,5-8,10,13,18H,4,9H2,2H3,(H,19,20)(H2,16,17,21)/t10?,13-/m1/s1. The van der Waals surface area contributed by atoms with Crippen LogP contribution in [-0.4, -0.2) is 34.3 Å². The first-order chi connectivity index (χ1) is 9.92. The lowest BCUT2D eigenvalue weighted by Gasteiger charge is -2.17. The Bertz CT molecular complexity index is 534. The van der Waals surface area contributed by atoms with E-state index in [1.807, 2.05) is 0 Å². The Labute approximate surface area is 123 Å². The molecule has 2 atom stereocenters. The lowest BCUT2D eigenvalue weighted by molar-refractivity contribution is -0.139. The van der Waals surface area contributed by atoms with E-state index < -0.39 is 18.0 Å². The third-order valence-corrected chi connectivity index (χ3v) is 2.78. The van der Waals surface area contributed by atoms with Crippen molar-refractivity contribution in [3.05, 3.63) is 29.8 Å². The minimum Gasteiger partial charge on any atom is -0.508 e. The van der Waals surface area contributed by atoms with Crippen LogP contribution in [0.4, 0.5) is 4.79 Å². The van der Waals surface area contributed by atoms with Crippen molar-refractivity contribution < 1.29 is 19.8 Å². The molecule has 1 aromatic rings. The molecule has 0 heterocycles. The fraction of sp³-hybridized carbons (Fsp3) is 0.333. The summed E-state index contributed by atoms with van der Waals surface area (Å²) in [6.07, 6.45) is 5.61. The summed E-state index contributed by atoms with van der Waals surface area (Å²) in [5.41, 5.74) is 0.692. The van der Waals surface area contributed by atoms with E-state index in [2.05, 4.69) is 16.6 Å². The van der Waals surface area contributed by atoms with E-state index in [0.717, 1.165) is 0 Å². The van der Waals surface area contributed by atoms with Gasteiger partial charge in [0.2, 0.25) is 0 Å². The lowest BCUT2D eigenvalue weighted by atomic mass is 10.1. The first kappa shape index (κ1) is 16.4. The molecule has 0 aliphatic carbocycles. The number of hydrogen-bond donors (Lipinski definition) is 4. The van der Waals surface area contributed by atoms with Crippen LogP contribution in [0.1, 0.15) is 18.9 Å². The number of aromatic hydroxyl groups is 1. The highest BCUT2D eigenvalue weighted by atomic mass is 16.4. The largest absolute Gasteiger partial charge is 0.508 e. The Balaban J connectivity index is 2.62. The van der Waals surface area contributed by atoms with Crippen LogP contribution in [-0.2, 0) is 11.2 Å². The van der Waals surface area contributed by atoms with Gasteiger partial charge in [0.15, 0.2) is 0 Å². The van der Waals surface area contributed by atoms with Gasteiger partial charge in [-0.1, -0.05) is 12.1 Å². The van der Waals surface area contributed by atoms with E-state index in [0.29, 0.717) is 12.0 Å². The summed E-state index contributed by atoms with van der Waals surface area (Å²) in [4.78, 5) is 22.9. The molecule has 0 aromatic heterocycles. The first-order valence-corrected chi connectivity index (χ1v) is 6.43. The molecule has 0 saturated carbocycles. The number of urea groups is 1. The number of benzene rings is 1. The van der Waals surface area contributed by atoms with E-state index in [1.165, 1.54) is 12.1 Å². The average molecular weight is 290 g/mol. The Morgan fingerprint density at radius 3 is 2.43 bits per heavy atom. The number of carboxylic acids is 1. The summed E-state index contributed by atoms with van der Waals surface area (Å²) in [6, 6.07) is 4.25. The molecule has 0 bridgehead atoms. The number of nitrogens with one attached hydrogen (secondary N) is 2. The monoisotopic (exact) mass is 290 g/mol. The van der Waals surface area contributed by atoms with Crippen LogP contribution in [0.3, 0.4) is 0 Å². The summed E-state index contributed by atoms with van der Waals surface area (Å²) in [5.74, 6) is 1.37. The predicted octanol–water partition coefficient (Wildman–Crippen LogP) is 1.10. The molecule has 0 spiro atoms. The predicted molar refractivity (Wildman–Crippen MR) is 77.8 cm³/mol. The molecule has 0 radical (unpaired) electrons. The highest BCUT2D eigenvalue weighted by molar-refractivity contribution is 5.82. The number of phenolic OH excluding ortho intramolecular Hbond substituents is 1. The van der Waals surface area contributed by atoms with Gasteiger partial charge in [-0.25, -0.2) is 9.59 Å². The van der Waals surface area contributed by atoms with Crippen LogP contribution in [0.2, 0.25) is 0 Å². The number of aliphatic carboxylic acids is 1. The Kier molecular flexibility index (Phi) is 6.08. The molecule has 0 fully saturated rings. The zero-order valence-corrected chi connectivity index (χ0v) is 11.7. The van der Waals surface area contributed by atoms with Crippen LogP contribution < -0.4 is 10.6 Å². The molecule has 2 amide bonds. The molecule has 0 aliphatic heterocycles. The zero-order chi connectivity index (χ0) is 15.8. The van der Waals surface area contributed by atoms with Gasteiger partial charge in [0.1, 0.15) is 11.8 Å². The number of amides is 2.